The molecule has 0 spiro atoms. The second-order valence-corrected chi connectivity index (χ2v) is 9.81. The van der Waals surface area contributed by atoms with Crippen molar-refractivity contribution in [3.8, 4) is 22.8 Å². The van der Waals surface area contributed by atoms with Crippen LogP contribution in [0.4, 0.5) is 23.4 Å². The Bertz CT molecular complexity index is 1360. The molecule has 0 N–H and O–H groups in total. The van der Waals surface area contributed by atoms with Crippen LogP contribution < -0.4 is 14.4 Å². The van der Waals surface area contributed by atoms with Gasteiger partial charge in [0.25, 0.3) is 0 Å². The number of halogens is 4. The average Bonchev–Trinajstić information content (AvgIpc) is 3.32. The molecule has 3 heterocycles. The Hall–Kier alpha value is -3.45. The van der Waals surface area contributed by atoms with Gasteiger partial charge in [-0.25, -0.2) is 12.8 Å². The van der Waals surface area contributed by atoms with Crippen molar-refractivity contribution in [2.24, 2.45) is 0 Å². The third-order valence-electron chi connectivity index (χ3n) is 5.76. The van der Waals surface area contributed by atoms with E-state index in [4.69, 9.17) is 9.47 Å². The summed E-state index contributed by atoms with van der Waals surface area (Å²) in [7, 11) is -4.23. The molecule has 2 aliphatic heterocycles. The fourth-order valence-corrected chi connectivity index (χ4v) is 5.34. The third kappa shape index (κ3) is 4.48. The molecule has 13 heteroatoms. The molecular weight excluding hydrogens is 492 g/mol. The molecule has 0 atom stereocenters. The van der Waals surface area contributed by atoms with E-state index < -0.39 is 32.5 Å². The molecule has 0 radical (unpaired) electrons. The van der Waals surface area contributed by atoms with Gasteiger partial charge in [-0.3, -0.25) is 0 Å². The van der Waals surface area contributed by atoms with Gasteiger partial charge < -0.3 is 14.4 Å². The summed E-state index contributed by atoms with van der Waals surface area (Å²) in [6, 6.07) is 10.6. The van der Waals surface area contributed by atoms with Gasteiger partial charge in [-0.15, -0.1) is 10.2 Å². The number of nitrogens with zero attached hydrogens (tertiary/aromatic N) is 4. The van der Waals surface area contributed by atoms with E-state index in [1.807, 2.05) is 11.0 Å². The lowest BCUT2D eigenvalue weighted by atomic mass is 10.1. The van der Waals surface area contributed by atoms with Crippen LogP contribution in [0.1, 0.15) is 5.56 Å². The summed E-state index contributed by atoms with van der Waals surface area (Å²) in [5.41, 5.74) is -0.207. The van der Waals surface area contributed by atoms with Crippen LogP contribution in [0.25, 0.3) is 11.3 Å². The fraction of sp³-hybridized carbons (Fsp3) is 0.273. The number of fused-ring (bicyclic) bond motifs is 1. The predicted molar refractivity (Wildman–Crippen MR) is 116 cm³/mol. The topological polar surface area (TPSA) is 84.9 Å². The molecule has 0 aliphatic carbocycles. The monoisotopic (exact) mass is 510 g/mol. The maximum absolute atomic E-state index is 13.6. The minimum absolute atomic E-state index is 0.0205. The number of rotatable bonds is 4. The molecule has 0 amide bonds. The molecule has 8 nitrogen and oxygen atoms in total. The molecular formula is C22H18F4N4O4S. The number of hydrogen-bond acceptors (Lipinski definition) is 7. The predicted octanol–water partition coefficient (Wildman–Crippen LogP) is 3.54. The second-order valence-electron chi connectivity index (χ2n) is 7.88. The quantitative estimate of drug-likeness (QED) is 0.497. The summed E-state index contributed by atoms with van der Waals surface area (Å²) in [5.74, 6) is 0.285. The highest BCUT2D eigenvalue weighted by atomic mass is 32.2. The van der Waals surface area contributed by atoms with E-state index in [2.05, 4.69) is 10.2 Å². The maximum Gasteiger partial charge on any atom is 0.419 e. The Balaban J connectivity index is 1.27. The van der Waals surface area contributed by atoms with Crippen molar-refractivity contribution in [2.75, 3.05) is 37.9 Å². The van der Waals surface area contributed by atoms with Crippen molar-refractivity contribution >= 4 is 15.8 Å². The van der Waals surface area contributed by atoms with E-state index in [0.29, 0.717) is 35.1 Å². The van der Waals surface area contributed by atoms with Gasteiger partial charge in [0.2, 0.25) is 16.8 Å². The number of sulfonamides is 1. The number of anilines is 1. The first-order chi connectivity index (χ1) is 16.6. The molecule has 5 rings (SSSR count). The van der Waals surface area contributed by atoms with Gasteiger partial charge >= 0.3 is 6.18 Å². The lowest BCUT2D eigenvalue weighted by Crippen LogP contribution is -2.49. The first-order valence-corrected chi connectivity index (χ1v) is 11.9. The van der Waals surface area contributed by atoms with Gasteiger partial charge in [0, 0.05) is 31.7 Å². The number of ether oxygens (including phenoxy) is 2. The van der Waals surface area contributed by atoms with Crippen LogP contribution in [-0.4, -0.2) is 55.9 Å². The van der Waals surface area contributed by atoms with Crippen molar-refractivity contribution in [1.82, 2.24) is 14.5 Å². The largest absolute Gasteiger partial charge is 0.454 e. The van der Waals surface area contributed by atoms with Crippen LogP contribution >= 0.6 is 0 Å². The van der Waals surface area contributed by atoms with Crippen molar-refractivity contribution in [2.45, 2.75) is 11.1 Å². The van der Waals surface area contributed by atoms with Crippen LogP contribution in [0.15, 0.2) is 53.4 Å². The Labute approximate surface area is 197 Å². The zero-order valence-corrected chi connectivity index (χ0v) is 18.8. The van der Waals surface area contributed by atoms with Gasteiger partial charge in [-0.05, 0) is 48.5 Å². The molecule has 0 bridgehead atoms. The van der Waals surface area contributed by atoms with Gasteiger partial charge in [-0.1, -0.05) is 0 Å². The van der Waals surface area contributed by atoms with E-state index in [1.54, 1.807) is 24.3 Å². The Morgan fingerprint density at radius 3 is 2.29 bits per heavy atom. The zero-order chi connectivity index (χ0) is 24.8. The van der Waals surface area contributed by atoms with Crippen molar-refractivity contribution < 1.29 is 35.5 Å². The van der Waals surface area contributed by atoms with Crippen molar-refractivity contribution in [3.05, 3.63) is 59.9 Å². The summed E-state index contributed by atoms with van der Waals surface area (Å²) in [6.07, 6.45) is -5.00. The molecule has 2 aliphatic rings. The fourth-order valence-electron chi connectivity index (χ4n) is 3.89. The molecule has 2 aromatic carbocycles. The first kappa shape index (κ1) is 23.3. The highest BCUT2D eigenvalue weighted by Crippen LogP contribution is 2.36. The Morgan fingerprint density at radius 2 is 1.60 bits per heavy atom. The molecule has 0 saturated carbocycles. The molecule has 1 fully saturated rings. The SMILES string of the molecule is O=S(=O)(c1ccc(F)c(C(F)(F)F)c1)N1CCN(c2ccc(-c3ccc4c(c3)OCO4)nn2)CC1. The molecule has 1 saturated heterocycles. The van der Waals surface area contributed by atoms with E-state index in [9.17, 15) is 26.0 Å². The van der Waals surface area contributed by atoms with E-state index in [-0.39, 0.29) is 33.0 Å². The van der Waals surface area contributed by atoms with E-state index >= 15 is 0 Å². The van der Waals surface area contributed by atoms with Gasteiger partial charge in [0.15, 0.2) is 17.3 Å². The number of aromatic nitrogens is 2. The number of piperazine rings is 1. The standard InChI is InChI=1S/C22H18F4N4O4S/c23-17-3-2-15(12-16(17)22(24,25)26)35(31,32)30-9-7-29(8-10-30)21-6-4-18(27-28-21)14-1-5-19-20(11-14)34-13-33-19/h1-6,11-12H,7-10,13H2. The normalized spacial score (nSPS) is 16.5. The zero-order valence-electron chi connectivity index (χ0n) is 18.0. The average molecular weight is 510 g/mol. The lowest BCUT2D eigenvalue weighted by molar-refractivity contribution is -0.140. The summed E-state index contributed by atoms with van der Waals surface area (Å²) in [6.45, 7) is 0.713. The molecule has 0 unspecified atom stereocenters. The second kappa shape index (κ2) is 8.64. The third-order valence-corrected chi connectivity index (χ3v) is 7.66. The van der Waals surface area contributed by atoms with Crippen LogP contribution in [-0.2, 0) is 16.2 Å². The van der Waals surface area contributed by atoms with Crippen LogP contribution in [0.5, 0.6) is 11.5 Å². The van der Waals surface area contributed by atoms with Crippen LogP contribution in [0.2, 0.25) is 0 Å². The van der Waals surface area contributed by atoms with E-state index in [0.717, 1.165) is 15.9 Å². The lowest BCUT2D eigenvalue weighted by Gasteiger charge is -2.34. The highest BCUT2D eigenvalue weighted by Gasteiger charge is 2.37. The molecule has 35 heavy (non-hydrogen) atoms. The van der Waals surface area contributed by atoms with Gasteiger partial charge in [0.05, 0.1) is 16.2 Å². The van der Waals surface area contributed by atoms with E-state index in [1.165, 1.54) is 0 Å². The number of benzene rings is 2. The van der Waals surface area contributed by atoms with Crippen LogP contribution in [0, 0.1) is 5.82 Å². The minimum atomic E-state index is -5.00. The van der Waals surface area contributed by atoms with Gasteiger partial charge in [0.1, 0.15) is 5.82 Å². The van der Waals surface area contributed by atoms with Crippen LogP contribution in [0.3, 0.4) is 0 Å². The number of alkyl halides is 3. The summed E-state index contributed by atoms with van der Waals surface area (Å²) < 4.78 is 90.1. The summed E-state index contributed by atoms with van der Waals surface area (Å²) >= 11 is 0. The highest BCUT2D eigenvalue weighted by molar-refractivity contribution is 7.89. The Kier molecular flexibility index (Phi) is 5.75. The summed E-state index contributed by atoms with van der Waals surface area (Å²) in [4.78, 5) is 1.22. The molecule has 184 valence electrons. The minimum Gasteiger partial charge on any atom is -0.454 e. The number of hydrogen-bond donors (Lipinski definition) is 0. The first-order valence-electron chi connectivity index (χ1n) is 10.5. The molecule has 3 aromatic rings. The van der Waals surface area contributed by atoms with Crippen molar-refractivity contribution in [3.63, 3.8) is 0 Å². The van der Waals surface area contributed by atoms with Crippen molar-refractivity contribution in [1.29, 1.82) is 0 Å². The molecule has 1 aromatic heterocycles. The maximum atomic E-state index is 13.6. The van der Waals surface area contributed by atoms with Gasteiger partial charge in [-0.2, -0.15) is 17.5 Å². The Morgan fingerprint density at radius 1 is 0.857 bits per heavy atom. The summed E-state index contributed by atoms with van der Waals surface area (Å²) in [5, 5.41) is 8.48. The smallest absolute Gasteiger partial charge is 0.419 e.